The van der Waals surface area contributed by atoms with Gasteiger partial charge in [-0.2, -0.15) is 0 Å². The average molecular weight is 338 g/mol. The van der Waals surface area contributed by atoms with Crippen molar-refractivity contribution in [1.29, 1.82) is 0 Å². The molecule has 0 amide bonds. The van der Waals surface area contributed by atoms with Crippen molar-refractivity contribution in [3.8, 4) is 0 Å². The first-order valence-electron chi connectivity index (χ1n) is 7.05. The van der Waals surface area contributed by atoms with E-state index in [0.29, 0.717) is 4.83 Å². The summed E-state index contributed by atoms with van der Waals surface area (Å²) in [5.41, 5.74) is 1.51. The van der Waals surface area contributed by atoms with Crippen LogP contribution in [0.2, 0.25) is 0 Å². The predicted octanol–water partition coefficient (Wildman–Crippen LogP) is 4.90. The van der Waals surface area contributed by atoms with Crippen molar-refractivity contribution in [1.82, 2.24) is 4.90 Å². The highest BCUT2D eigenvalue weighted by Gasteiger charge is 2.22. The molecule has 1 atom stereocenters. The number of alkyl halides is 1. The van der Waals surface area contributed by atoms with Gasteiger partial charge in [0.05, 0.1) is 0 Å². The van der Waals surface area contributed by atoms with Crippen molar-refractivity contribution in [2.75, 3.05) is 13.1 Å². The molecule has 0 N–H and O–H groups in total. The number of rotatable bonds is 3. The topological polar surface area (TPSA) is 3.24 Å². The molecule has 3 rings (SSSR count). The minimum Gasteiger partial charge on any atom is -0.299 e. The fourth-order valence-electron chi connectivity index (χ4n) is 2.97. The van der Waals surface area contributed by atoms with Crippen LogP contribution in [-0.2, 0) is 6.54 Å². The van der Waals surface area contributed by atoms with Crippen LogP contribution in [0.5, 0.6) is 0 Å². The number of piperidine rings is 1. The Morgan fingerprint density at radius 2 is 2.05 bits per heavy atom. The van der Waals surface area contributed by atoms with Crippen LogP contribution in [0.1, 0.15) is 25.3 Å². The maximum Gasteiger partial charge on any atom is 0.0346 e. The quantitative estimate of drug-likeness (QED) is 0.720. The summed E-state index contributed by atoms with van der Waals surface area (Å²) in [7, 11) is 0. The third kappa shape index (κ3) is 3.04. The normalized spacial score (nSPS) is 19.9. The van der Waals surface area contributed by atoms with E-state index in [-0.39, 0.29) is 0 Å². The van der Waals surface area contributed by atoms with Crippen LogP contribution >= 0.6 is 27.3 Å². The number of fused-ring (bicyclic) bond motifs is 1. The summed E-state index contributed by atoms with van der Waals surface area (Å²) in [6.07, 6.45) is 2.66. The minimum atomic E-state index is 0.664. The lowest BCUT2D eigenvalue weighted by Gasteiger charge is -2.33. The number of nitrogens with zero attached hydrogens (tertiary/aromatic N) is 1. The number of benzene rings is 1. The molecule has 0 radical (unpaired) electrons. The molecule has 0 saturated carbocycles. The molecule has 1 unspecified atom stereocenters. The van der Waals surface area contributed by atoms with Crippen molar-refractivity contribution in [3.63, 3.8) is 0 Å². The number of thiophene rings is 1. The van der Waals surface area contributed by atoms with Crippen molar-refractivity contribution in [2.45, 2.75) is 31.1 Å². The fraction of sp³-hybridized carbons (Fsp3) is 0.500. The second-order valence-electron chi connectivity index (χ2n) is 5.55. The van der Waals surface area contributed by atoms with E-state index in [1.807, 2.05) is 11.3 Å². The number of likely N-dealkylation sites (tertiary alicyclic amines) is 1. The lowest BCUT2D eigenvalue weighted by molar-refractivity contribution is 0.179. The Kier molecular flexibility index (Phi) is 4.25. The van der Waals surface area contributed by atoms with Gasteiger partial charge in [0, 0.05) is 16.1 Å². The molecule has 1 fully saturated rings. The average Bonchev–Trinajstić information content (AvgIpc) is 2.83. The molecule has 1 aromatic heterocycles. The lowest BCUT2D eigenvalue weighted by atomic mass is 9.94. The highest BCUT2D eigenvalue weighted by molar-refractivity contribution is 9.09. The molecule has 0 aliphatic carbocycles. The fourth-order valence-corrected chi connectivity index (χ4v) is 4.45. The summed E-state index contributed by atoms with van der Waals surface area (Å²) in [6.45, 7) is 5.88. The Balaban J connectivity index is 1.66. The largest absolute Gasteiger partial charge is 0.299 e. The molecule has 0 spiro atoms. The highest BCUT2D eigenvalue weighted by Crippen LogP contribution is 2.29. The van der Waals surface area contributed by atoms with Gasteiger partial charge < -0.3 is 0 Å². The Bertz CT molecular complexity index is 540. The van der Waals surface area contributed by atoms with Gasteiger partial charge in [0.25, 0.3) is 0 Å². The van der Waals surface area contributed by atoms with E-state index in [2.05, 4.69) is 57.4 Å². The third-order valence-corrected chi connectivity index (χ3v) is 6.00. The standard InChI is InChI=1S/C16H20BrNS/c1-12(17)13-6-8-18(9-7-13)10-14-11-19-16-5-3-2-4-15(14)16/h2-5,11-13H,6-10H2,1H3. The van der Waals surface area contributed by atoms with E-state index in [0.717, 1.165) is 12.5 Å². The van der Waals surface area contributed by atoms with E-state index in [4.69, 9.17) is 0 Å². The Morgan fingerprint density at radius 3 is 2.79 bits per heavy atom. The van der Waals surface area contributed by atoms with E-state index in [1.165, 1.54) is 41.6 Å². The van der Waals surface area contributed by atoms with Gasteiger partial charge in [-0.3, -0.25) is 4.90 Å². The van der Waals surface area contributed by atoms with Crippen molar-refractivity contribution >= 4 is 37.4 Å². The second-order valence-corrected chi connectivity index (χ2v) is 7.90. The van der Waals surface area contributed by atoms with Crippen molar-refractivity contribution < 1.29 is 0 Å². The molecule has 1 nitrogen and oxygen atoms in total. The molecule has 2 aromatic rings. The highest BCUT2D eigenvalue weighted by atomic mass is 79.9. The zero-order chi connectivity index (χ0) is 13.2. The van der Waals surface area contributed by atoms with Crippen LogP contribution in [0.15, 0.2) is 29.6 Å². The second kappa shape index (κ2) is 5.94. The van der Waals surface area contributed by atoms with E-state index < -0.39 is 0 Å². The van der Waals surface area contributed by atoms with Gasteiger partial charge in [0.15, 0.2) is 0 Å². The summed E-state index contributed by atoms with van der Waals surface area (Å²) < 4.78 is 1.42. The Hall–Kier alpha value is -0.380. The van der Waals surface area contributed by atoms with Crippen LogP contribution in [0.3, 0.4) is 0 Å². The Morgan fingerprint density at radius 1 is 1.32 bits per heavy atom. The van der Waals surface area contributed by atoms with E-state index in [1.54, 1.807) is 0 Å². The molecular formula is C16H20BrNS. The van der Waals surface area contributed by atoms with E-state index in [9.17, 15) is 0 Å². The van der Waals surface area contributed by atoms with E-state index >= 15 is 0 Å². The van der Waals surface area contributed by atoms with Gasteiger partial charge in [-0.25, -0.2) is 0 Å². The van der Waals surface area contributed by atoms with Gasteiger partial charge in [-0.05, 0) is 54.2 Å². The molecule has 1 aliphatic heterocycles. The van der Waals surface area contributed by atoms with Crippen LogP contribution < -0.4 is 0 Å². The maximum absolute atomic E-state index is 3.73. The predicted molar refractivity (Wildman–Crippen MR) is 88.2 cm³/mol. The first-order chi connectivity index (χ1) is 9.24. The van der Waals surface area contributed by atoms with Gasteiger partial charge in [0.1, 0.15) is 0 Å². The molecule has 102 valence electrons. The zero-order valence-corrected chi connectivity index (χ0v) is 13.7. The molecule has 2 heterocycles. The van der Waals surface area contributed by atoms with Crippen LogP contribution in [0, 0.1) is 5.92 Å². The smallest absolute Gasteiger partial charge is 0.0346 e. The minimum absolute atomic E-state index is 0.664. The van der Waals surface area contributed by atoms with Crippen LogP contribution in [0.25, 0.3) is 10.1 Å². The molecular weight excluding hydrogens is 318 g/mol. The zero-order valence-electron chi connectivity index (χ0n) is 11.3. The third-order valence-electron chi connectivity index (χ3n) is 4.24. The van der Waals surface area contributed by atoms with Gasteiger partial charge in [-0.1, -0.05) is 41.1 Å². The van der Waals surface area contributed by atoms with Crippen LogP contribution in [0.4, 0.5) is 0 Å². The molecule has 19 heavy (non-hydrogen) atoms. The molecule has 1 aromatic carbocycles. The molecule has 1 aliphatic rings. The summed E-state index contributed by atoms with van der Waals surface area (Å²) in [6, 6.07) is 8.76. The summed E-state index contributed by atoms with van der Waals surface area (Å²) in [5.74, 6) is 0.857. The lowest BCUT2D eigenvalue weighted by Crippen LogP contribution is -2.35. The Labute approximate surface area is 127 Å². The summed E-state index contributed by atoms with van der Waals surface area (Å²) in [5, 5.41) is 3.78. The van der Waals surface area contributed by atoms with Gasteiger partial charge in [-0.15, -0.1) is 11.3 Å². The van der Waals surface area contributed by atoms with Crippen molar-refractivity contribution in [2.24, 2.45) is 5.92 Å². The first-order valence-corrected chi connectivity index (χ1v) is 8.85. The monoisotopic (exact) mass is 337 g/mol. The summed E-state index contributed by atoms with van der Waals surface area (Å²) >= 11 is 5.61. The van der Waals surface area contributed by atoms with Gasteiger partial charge >= 0.3 is 0 Å². The summed E-state index contributed by atoms with van der Waals surface area (Å²) in [4.78, 5) is 3.28. The number of halogens is 1. The first kappa shape index (κ1) is 13.6. The van der Waals surface area contributed by atoms with Gasteiger partial charge in [0.2, 0.25) is 0 Å². The molecule has 1 saturated heterocycles. The number of hydrogen-bond acceptors (Lipinski definition) is 2. The molecule has 3 heteroatoms. The van der Waals surface area contributed by atoms with Crippen molar-refractivity contribution in [3.05, 3.63) is 35.2 Å². The maximum atomic E-state index is 3.73. The number of hydrogen-bond donors (Lipinski definition) is 0. The molecule has 0 bridgehead atoms. The van der Waals surface area contributed by atoms with Crippen LogP contribution in [-0.4, -0.2) is 22.8 Å². The SMILES string of the molecule is CC(Br)C1CCN(Cc2csc3ccccc23)CC1.